The molecule has 1 aliphatic carbocycles. The van der Waals surface area contributed by atoms with Crippen LogP contribution < -0.4 is 5.32 Å². The molecule has 1 amide bonds. The third-order valence-corrected chi connectivity index (χ3v) is 3.60. The first-order valence-corrected chi connectivity index (χ1v) is 6.14. The molecule has 5 nitrogen and oxygen atoms in total. The quantitative estimate of drug-likeness (QED) is 0.887. The Kier molecular flexibility index (Phi) is 3.72. The smallest absolute Gasteiger partial charge is 0.307 e. The first kappa shape index (κ1) is 13.4. The number of halogens is 1. The van der Waals surface area contributed by atoms with Crippen molar-refractivity contribution in [3.05, 3.63) is 28.8 Å². The van der Waals surface area contributed by atoms with Gasteiger partial charge in [-0.05, 0) is 31.0 Å². The van der Waals surface area contributed by atoms with Crippen LogP contribution >= 0.6 is 11.6 Å². The molecule has 0 heterocycles. The topological polar surface area (TPSA) is 90.2 Å². The number of anilines is 1. The van der Waals surface area contributed by atoms with Gasteiger partial charge < -0.3 is 10.4 Å². The number of carbonyl (C=O) groups is 2. The lowest BCUT2D eigenvalue weighted by Crippen LogP contribution is -2.41. The van der Waals surface area contributed by atoms with E-state index in [-0.39, 0.29) is 10.9 Å². The van der Waals surface area contributed by atoms with Crippen molar-refractivity contribution in [3.63, 3.8) is 0 Å². The van der Waals surface area contributed by atoms with Gasteiger partial charge in [-0.15, -0.1) is 0 Å². The average molecular weight is 279 g/mol. The van der Waals surface area contributed by atoms with Crippen molar-refractivity contribution in [1.29, 1.82) is 5.26 Å². The Hall–Kier alpha value is -2.06. The molecule has 19 heavy (non-hydrogen) atoms. The van der Waals surface area contributed by atoms with Crippen LogP contribution in [0.25, 0.3) is 0 Å². The third-order valence-electron chi connectivity index (χ3n) is 3.29. The maximum absolute atomic E-state index is 11.9. The van der Waals surface area contributed by atoms with Gasteiger partial charge >= 0.3 is 5.97 Å². The van der Waals surface area contributed by atoms with Crippen LogP contribution in [0.15, 0.2) is 18.2 Å². The summed E-state index contributed by atoms with van der Waals surface area (Å²) in [4.78, 5) is 22.7. The van der Waals surface area contributed by atoms with Crippen LogP contribution in [0.1, 0.15) is 18.4 Å². The monoisotopic (exact) mass is 278 g/mol. The summed E-state index contributed by atoms with van der Waals surface area (Å²) in [7, 11) is 0. The molecule has 98 valence electrons. The molecule has 0 saturated heterocycles. The zero-order chi connectivity index (χ0) is 14.0. The highest BCUT2D eigenvalue weighted by molar-refractivity contribution is 6.32. The first-order chi connectivity index (χ1) is 9.02. The zero-order valence-electron chi connectivity index (χ0n) is 9.89. The summed E-state index contributed by atoms with van der Waals surface area (Å²) in [5.41, 5.74) is 0.789. The van der Waals surface area contributed by atoms with E-state index in [2.05, 4.69) is 5.32 Å². The minimum Gasteiger partial charge on any atom is -0.481 e. The summed E-state index contributed by atoms with van der Waals surface area (Å²) >= 11 is 5.85. The number of nitriles is 1. The molecular weight excluding hydrogens is 268 g/mol. The highest BCUT2D eigenvalue weighted by atomic mass is 35.5. The number of benzene rings is 1. The van der Waals surface area contributed by atoms with E-state index in [1.54, 1.807) is 6.07 Å². The van der Waals surface area contributed by atoms with Gasteiger partial charge in [0.1, 0.15) is 6.07 Å². The van der Waals surface area contributed by atoms with Gasteiger partial charge in [0.25, 0.3) is 0 Å². The summed E-state index contributed by atoms with van der Waals surface area (Å²) in [6, 6.07) is 6.47. The Morgan fingerprint density at radius 1 is 1.37 bits per heavy atom. The molecule has 2 N–H and O–H groups in total. The van der Waals surface area contributed by atoms with Crippen molar-refractivity contribution in [2.45, 2.75) is 12.8 Å². The number of carboxylic acid groups (broad SMARTS) is 1. The molecule has 1 saturated carbocycles. The van der Waals surface area contributed by atoms with Crippen LogP contribution in [-0.4, -0.2) is 17.0 Å². The Labute approximate surface area is 114 Å². The van der Waals surface area contributed by atoms with Crippen LogP contribution in [0.2, 0.25) is 5.02 Å². The van der Waals surface area contributed by atoms with Gasteiger partial charge in [-0.3, -0.25) is 9.59 Å². The number of carboxylic acids is 1. The number of rotatable bonds is 3. The van der Waals surface area contributed by atoms with Gasteiger partial charge in [0.2, 0.25) is 5.91 Å². The summed E-state index contributed by atoms with van der Waals surface area (Å²) in [5.74, 6) is -2.36. The lowest BCUT2D eigenvalue weighted by atomic mass is 9.73. The number of hydrogen-bond acceptors (Lipinski definition) is 3. The van der Waals surface area contributed by atoms with Crippen molar-refractivity contribution >= 4 is 29.2 Å². The normalized spacial score (nSPS) is 21.1. The molecule has 1 aromatic rings. The Balaban J connectivity index is 2.06. The van der Waals surface area contributed by atoms with Gasteiger partial charge in [-0.1, -0.05) is 11.6 Å². The van der Waals surface area contributed by atoms with Crippen molar-refractivity contribution < 1.29 is 14.7 Å². The first-order valence-electron chi connectivity index (χ1n) is 5.76. The van der Waals surface area contributed by atoms with E-state index < -0.39 is 17.8 Å². The zero-order valence-corrected chi connectivity index (χ0v) is 10.6. The molecule has 6 heteroatoms. The fourth-order valence-corrected chi connectivity index (χ4v) is 2.25. The van der Waals surface area contributed by atoms with Gasteiger partial charge in [0, 0.05) is 5.69 Å². The molecule has 1 aliphatic rings. The fraction of sp³-hybridized carbons (Fsp3) is 0.308. The van der Waals surface area contributed by atoms with Crippen molar-refractivity contribution in [3.8, 4) is 6.07 Å². The van der Waals surface area contributed by atoms with Gasteiger partial charge in [0.15, 0.2) is 0 Å². The summed E-state index contributed by atoms with van der Waals surface area (Å²) in [6.45, 7) is 0. The molecule has 0 radical (unpaired) electrons. The Bertz CT molecular complexity index is 580. The lowest BCUT2D eigenvalue weighted by Gasteiger charge is -2.31. The van der Waals surface area contributed by atoms with Crippen LogP contribution in [-0.2, 0) is 9.59 Å². The molecule has 0 aliphatic heterocycles. The van der Waals surface area contributed by atoms with E-state index in [4.69, 9.17) is 22.0 Å². The second-order valence-electron chi connectivity index (χ2n) is 4.42. The van der Waals surface area contributed by atoms with E-state index in [0.29, 0.717) is 24.1 Å². The largest absolute Gasteiger partial charge is 0.481 e. The summed E-state index contributed by atoms with van der Waals surface area (Å²) < 4.78 is 0. The fourth-order valence-electron chi connectivity index (χ4n) is 2.03. The summed E-state index contributed by atoms with van der Waals surface area (Å²) in [5, 5.41) is 20.5. The second-order valence-corrected chi connectivity index (χ2v) is 4.83. The highest BCUT2D eigenvalue weighted by Crippen LogP contribution is 2.35. The predicted octanol–water partition coefficient (Wildman–Crippen LogP) is 2.26. The number of hydrogen-bond donors (Lipinski definition) is 2. The van der Waals surface area contributed by atoms with Gasteiger partial charge in [-0.25, -0.2) is 0 Å². The van der Waals surface area contributed by atoms with E-state index in [9.17, 15) is 9.59 Å². The molecular formula is C13H11ClN2O3. The van der Waals surface area contributed by atoms with Crippen LogP contribution in [0.5, 0.6) is 0 Å². The number of nitrogens with zero attached hydrogens (tertiary/aromatic N) is 1. The number of nitrogens with one attached hydrogen (secondary N) is 1. The Morgan fingerprint density at radius 2 is 2.05 bits per heavy atom. The minimum absolute atomic E-state index is 0.253. The van der Waals surface area contributed by atoms with Crippen LogP contribution in [0.3, 0.4) is 0 Å². The number of aliphatic carboxylic acids is 1. The molecule has 0 spiro atoms. The van der Waals surface area contributed by atoms with Gasteiger partial charge in [0.05, 0.1) is 22.4 Å². The minimum atomic E-state index is -0.940. The molecule has 2 atom stereocenters. The van der Waals surface area contributed by atoms with Crippen molar-refractivity contribution in [1.82, 2.24) is 0 Å². The number of amides is 1. The molecule has 2 unspecified atom stereocenters. The highest BCUT2D eigenvalue weighted by Gasteiger charge is 2.41. The van der Waals surface area contributed by atoms with E-state index in [1.807, 2.05) is 6.07 Å². The van der Waals surface area contributed by atoms with Gasteiger partial charge in [-0.2, -0.15) is 5.26 Å². The van der Waals surface area contributed by atoms with Crippen molar-refractivity contribution in [2.75, 3.05) is 5.32 Å². The average Bonchev–Trinajstić information content (AvgIpc) is 2.26. The second kappa shape index (κ2) is 5.29. The maximum Gasteiger partial charge on any atom is 0.307 e. The van der Waals surface area contributed by atoms with Crippen LogP contribution in [0.4, 0.5) is 5.69 Å². The SMILES string of the molecule is N#Cc1ccc(NC(=O)C2CCC2C(=O)O)cc1Cl. The van der Waals surface area contributed by atoms with E-state index in [1.165, 1.54) is 12.1 Å². The Morgan fingerprint density at radius 3 is 2.53 bits per heavy atom. The molecule has 0 aromatic heterocycles. The van der Waals surface area contributed by atoms with E-state index >= 15 is 0 Å². The molecule has 1 aromatic carbocycles. The standard InChI is InChI=1S/C13H11ClN2O3/c14-11-5-8(2-1-7(11)6-15)16-12(17)9-3-4-10(9)13(18)19/h1-2,5,9-10H,3-4H2,(H,16,17)(H,18,19). The summed E-state index contributed by atoms with van der Waals surface area (Å²) in [6.07, 6.45) is 1.11. The maximum atomic E-state index is 11.9. The van der Waals surface area contributed by atoms with Crippen molar-refractivity contribution in [2.24, 2.45) is 11.8 Å². The molecule has 0 bridgehead atoms. The molecule has 2 rings (SSSR count). The predicted molar refractivity (Wildman–Crippen MR) is 68.6 cm³/mol. The number of carbonyl (C=O) groups excluding carboxylic acids is 1. The third kappa shape index (κ3) is 2.69. The lowest BCUT2D eigenvalue weighted by molar-refractivity contribution is -0.151. The van der Waals surface area contributed by atoms with E-state index in [0.717, 1.165) is 0 Å². The van der Waals surface area contributed by atoms with Crippen LogP contribution in [0, 0.1) is 23.2 Å². The molecule has 1 fully saturated rings.